The van der Waals surface area contributed by atoms with Crippen LogP contribution in [0.3, 0.4) is 0 Å². The molecule has 2 aliphatic rings. The minimum absolute atomic E-state index is 0.263. The first-order chi connectivity index (χ1) is 11.2. The highest BCUT2D eigenvalue weighted by Gasteiger charge is 2.25. The van der Waals surface area contributed by atoms with E-state index in [1.807, 2.05) is 18.1 Å². The summed E-state index contributed by atoms with van der Waals surface area (Å²) in [4.78, 5) is 24.2. The van der Waals surface area contributed by atoms with Gasteiger partial charge in [0.15, 0.2) is 0 Å². The number of likely N-dealkylation sites (N-methyl/N-ethyl adjacent to an activating group) is 1. The SMILES string of the molecule is CN(CC1=CCCN(Cc2cnc[nH]2)C1)C(=O)C1CCCCC1. The first kappa shape index (κ1) is 16.2. The molecule has 1 aromatic rings. The summed E-state index contributed by atoms with van der Waals surface area (Å²) in [7, 11) is 1.96. The Morgan fingerprint density at radius 1 is 1.39 bits per heavy atom. The zero-order valence-electron chi connectivity index (χ0n) is 14.1. The van der Waals surface area contributed by atoms with Gasteiger partial charge < -0.3 is 9.88 Å². The molecule has 1 aliphatic carbocycles. The molecule has 0 atom stereocenters. The molecule has 23 heavy (non-hydrogen) atoms. The molecule has 2 heterocycles. The van der Waals surface area contributed by atoms with Crippen molar-refractivity contribution in [2.45, 2.75) is 45.1 Å². The van der Waals surface area contributed by atoms with Gasteiger partial charge in [0.2, 0.25) is 5.91 Å². The van der Waals surface area contributed by atoms with Crippen LogP contribution in [0, 0.1) is 5.92 Å². The van der Waals surface area contributed by atoms with Gasteiger partial charge in [-0.2, -0.15) is 0 Å². The zero-order chi connectivity index (χ0) is 16.1. The molecule has 0 unspecified atom stereocenters. The highest BCUT2D eigenvalue weighted by atomic mass is 16.2. The van der Waals surface area contributed by atoms with Crippen molar-refractivity contribution in [1.29, 1.82) is 0 Å². The highest BCUT2D eigenvalue weighted by Crippen LogP contribution is 2.25. The number of hydrogen-bond donors (Lipinski definition) is 1. The molecular weight excluding hydrogens is 288 g/mol. The third-order valence-electron chi connectivity index (χ3n) is 5.02. The van der Waals surface area contributed by atoms with Crippen molar-refractivity contribution in [2.75, 3.05) is 26.7 Å². The summed E-state index contributed by atoms with van der Waals surface area (Å²) in [5.41, 5.74) is 2.51. The Morgan fingerprint density at radius 3 is 2.96 bits per heavy atom. The van der Waals surface area contributed by atoms with Crippen LogP contribution >= 0.6 is 0 Å². The number of aromatic nitrogens is 2. The molecule has 0 aromatic carbocycles. The number of imidazole rings is 1. The monoisotopic (exact) mass is 316 g/mol. The topological polar surface area (TPSA) is 52.2 Å². The Balaban J connectivity index is 1.50. The first-order valence-electron chi connectivity index (χ1n) is 8.85. The van der Waals surface area contributed by atoms with Gasteiger partial charge in [0.05, 0.1) is 6.33 Å². The summed E-state index contributed by atoms with van der Waals surface area (Å²) in [6, 6.07) is 0. The summed E-state index contributed by atoms with van der Waals surface area (Å²) >= 11 is 0. The van der Waals surface area contributed by atoms with Crippen molar-refractivity contribution >= 4 is 5.91 Å². The second-order valence-electron chi connectivity index (χ2n) is 6.97. The Hall–Kier alpha value is -1.62. The lowest BCUT2D eigenvalue weighted by molar-refractivity contribution is -0.134. The van der Waals surface area contributed by atoms with Crippen molar-refractivity contribution in [3.05, 3.63) is 29.9 Å². The van der Waals surface area contributed by atoms with Gasteiger partial charge in [-0.1, -0.05) is 25.3 Å². The number of hydrogen-bond acceptors (Lipinski definition) is 3. The molecule has 0 bridgehead atoms. The van der Waals surface area contributed by atoms with Gasteiger partial charge in [0.1, 0.15) is 0 Å². The van der Waals surface area contributed by atoms with E-state index >= 15 is 0 Å². The van der Waals surface area contributed by atoms with Crippen LogP contribution in [-0.4, -0.2) is 52.4 Å². The largest absolute Gasteiger partial charge is 0.347 e. The van der Waals surface area contributed by atoms with Crippen LogP contribution in [0.1, 0.15) is 44.2 Å². The smallest absolute Gasteiger partial charge is 0.225 e. The van der Waals surface area contributed by atoms with Crippen LogP contribution in [0.5, 0.6) is 0 Å². The van der Waals surface area contributed by atoms with Gasteiger partial charge in [0.25, 0.3) is 0 Å². The van der Waals surface area contributed by atoms with Gasteiger partial charge in [-0.05, 0) is 24.8 Å². The van der Waals surface area contributed by atoms with E-state index in [0.29, 0.717) is 5.91 Å². The Kier molecular flexibility index (Phi) is 5.49. The zero-order valence-corrected chi connectivity index (χ0v) is 14.1. The molecule has 0 radical (unpaired) electrons. The van der Waals surface area contributed by atoms with E-state index in [2.05, 4.69) is 20.9 Å². The lowest BCUT2D eigenvalue weighted by Crippen LogP contribution is -2.38. The van der Waals surface area contributed by atoms with Crippen LogP contribution in [0.15, 0.2) is 24.2 Å². The average Bonchev–Trinajstić information content (AvgIpc) is 3.08. The number of nitrogens with zero attached hydrogens (tertiary/aromatic N) is 3. The number of aromatic amines is 1. The normalized spacial score (nSPS) is 20.3. The maximum Gasteiger partial charge on any atom is 0.225 e. The Morgan fingerprint density at radius 2 is 2.22 bits per heavy atom. The summed E-state index contributed by atoms with van der Waals surface area (Å²) in [5.74, 6) is 0.607. The number of amides is 1. The highest BCUT2D eigenvalue weighted by molar-refractivity contribution is 5.78. The third kappa shape index (κ3) is 4.44. The van der Waals surface area contributed by atoms with E-state index in [1.54, 1.807) is 6.33 Å². The van der Waals surface area contributed by atoms with Crippen LogP contribution in [0.2, 0.25) is 0 Å². The molecule has 1 aromatic heterocycles. The van der Waals surface area contributed by atoms with E-state index in [0.717, 1.165) is 51.1 Å². The van der Waals surface area contributed by atoms with Gasteiger partial charge in [-0.25, -0.2) is 4.98 Å². The maximum absolute atomic E-state index is 12.6. The number of carbonyl (C=O) groups excluding carboxylic acids is 1. The van der Waals surface area contributed by atoms with Crippen molar-refractivity contribution in [2.24, 2.45) is 5.92 Å². The summed E-state index contributed by atoms with van der Waals surface area (Å²) < 4.78 is 0. The van der Waals surface area contributed by atoms with Gasteiger partial charge in [-0.3, -0.25) is 9.69 Å². The van der Waals surface area contributed by atoms with Crippen LogP contribution in [0.25, 0.3) is 0 Å². The number of H-pyrrole nitrogens is 1. The van der Waals surface area contributed by atoms with Gasteiger partial charge >= 0.3 is 0 Å². The Bertz CT molecular complexity index is 531. The quantitative estimate of drug-likeness (QED) is 0.850. The molecule has 126 valence electrons. The van der Waals surface area contributed by atoms with Crippen LogP contribution in [-0.2, 0) is 11.3 Å². The van der Waals surface area contributed by atoms with Crippen LogP contribution < -0.4 is 0 Å². The van der Waals surface area contributed by atoms with Crippen molar-refractivity contribution < 1.29 is 4.79 Å². The molecule has 1 fully saturated rings. The lowest BCUT2D eigenvalue weighted by Gasteiger charge is -2.31. The van der Waals surface area contributed by atoms with Gasteiger partial charge in [0, 0.05) is 51.0 Å². The molecule has 1 N–H and O–H groups in total. The van der Waals surface area contributed by atoms with Crippen LogP contribution in [0.4, 0.5) is 0 Å². The number of rotatable bonds is 5. The molecule has 0 saturated heterocycles. The van der Waals surface area contributed by atoms with Crippen molar-refractivity contribution in [3.8, 4) is 0 Å². The summed E-state index contributed by atoms with van der Waals surface area (Å²) in [6.45, 7) is 3.69. The van der Waals surface area contributed by atoms with Crippen molar-refractivity contribution in [3.63, 3.8) is 0 Å². The second kappa shape index (κ2) is 7.77. The van der Waals surface area contributed by atoms with E-state index in [4.69, 9.17) is 0 Å². The van der Waals surface area contributed by atoms with Crippen molar-refractivity contribution in [1.82, 2.24) is 19.8 Å². The summed E-state index contributed by atoms with van der Waals surface area (Å²) in [5, 5.41) is 0. The number of nitrogens with one attached hydrogen (secondary N) is 1. The van der Waals surface area contributed by atoms with E-state index in [-0.39, 0.29) is 5.92 Å². The molecular formula is C18H28N4O. The van der Waals surface area contributed by atoms with E-state index in [9.17, 15) is 4.79 Å². The summed E-state index contributed by atoms with van der Waals surface area (Å²) in [6.07, 6.45) is 12.9. The fraction of sp³-hybridized carbons (Fsp3) is 0.667. The van der Waals surface area contributed by atoms with E-state index < -0.39 is 0 Å². The predicted octanol–water partition coefficient (Wildman–Crippen LogP) is 2.58. The van der Waals surface area contributed by atoms with E-state index in [1.165, 1.54) is 24.8 Å². The number of carbonyl (C=O) groups is 1. The molecule has 1 saturated carbocycles. The fourth-order valence-electron chi connectivity index (χ4n) is 3.79. The molecule has 1 aliphatic heterocycles. The first-order valence-corrected chi connectivity index (χ1v) is 8.85. The van der Waals surface area contributed by atoms with Gasteiger partial charge in [-0.15, -0.1) is 0 Å². The predicted molar refractivity (Wildman–Crippen MR) is 90.8 cm³/mol. The maximum atomic E-state index is 12.6. The second-order valence-corrected chi connectivity index (χ2v) is 6.97. The molecule has 3 rings (SSSR count). The lowest BCUT2D eigenvalue weighted by atomic mass is 9.88. The minimum Gasteiger partial charge on any atom is -0.347 e. The molecule has 1 amide bonds. The standard InChI is InChI=1S/C18H28N4O/c1-21(18(23)16-7-3-2-4-8-16)11-15-6-5-9-22(12-15)13-17-10-19-14-20-17/h6,10,14,16H,2-5,7-9,11-13H2,1H3,(H,19,20). The molecule has 5 nitrogen and oxygen atoms in total. The molecule has 0 spiro atoms. The third-order valence-corrected chi connectivity index (χ3v) is 5.02. The molecule has 5 heteroatoms. The minimum atomic E-state index is 0.263. The Labute approximate surface area is 138 Å². The average molecular weight is 316 g/mol. The fourth-order valence-corrected chi connectivity index (χ4v) is 3.79.